The van der Waals surface area contributed by atoms with Gasteiger partial charge in [-0.1, -0.05) is 25.5 Å². The lowest BCUT2D eigenvalue weighted by atomic mass is 10.2. The van der Waals surface area contributed by atoms with E-state index in [0.29, 0.717) is 0 Å². The lowest BCUT2D eigenvalue weighted by molar-refractivity contribution is 0.331. The summed E-state index contributed by atoms with van der Waals surface area (Å²) < 4.78 is 12.8. The van der Waals surface area contributed by atoms with Crippen molar-refractivity contribution in [3.8, 4) is 0 Å². The quantitative estimate of drug-likeness (QED) is 0.439. The molecular weight excluding hydrogens is 267 g/mol. The van der Waals surface area contributed by atoms with Crippen molar-refractivity contribution in [2.24, 2.45) is 4.99 Å². The molecule has 118 valence electrons. The summed E-state index contributed by atoms with van der Waals surface area (Å²) in [7, 11) is 3.84. The van der Waals surface area contributed by atoms with Gasteiger partial charge in [0.1, 0.15) is 5.82 Å². The summed E-state index contributed by atoms with van der Waals surface area (Å²) in [6.45, 7) is 5.64. The molecule has 0 aromatic heterocycles. The van der Waals surface area contributed by atoms with Gasteiger partial charge in [0.25, 0.3) is 0 Å². The Morgan fingerprint density at radius 1 is 1.19 bits per heavy atom. The van der Waals surface area contributed by atoms with Crippen LogP contribution in [0.1, 0.15) is 25.3 Å². The minimum absolute atomic E-state index is 0.190. The van der Waals surface area contributed by atoms with Crippen molar-refractivity contribution in [1.82, 2.24) is 15.5 Å². The van der Waals surface area contributed by atoms with Gasteiger partial charge in [-0.25, -0.2) is 4.39 Å². The first kappa shape index (κ1) is 17.4. The van der Waals surface area contributed by atoms with E-state index in [2.05, 4.69) is 34.5 Å². The number of rotatable bonds is 8. The van der Waals surface area contributed by atoms with E-state index in [1.54, 1.807) is 7.05 Å². The van der Waals surface area contributed by atoms with Crippen LogP contribution in [-0.4, -0.2) is 44.6 Å². The molecule has 0 aliphatic carbocycles. The van der Waals surface area contributed by atoms with E-state index in [1.807, 2.05) is 12.1 Å². The number of unbranched alkanes of at least 4 members (excludes halogenated alkanes) is 1. The van der Waals surface area contributed by atoms with Crippen molar-refractivity contribution in [3.05, 3.63) is 35.6 Å². The maximum atomic E-state index is 12.8. The maximum Gasteiger partial charge on any atom is 0.191 e. The number of aliphatic imine (C=N–C) groups is 1. The predicted octanol–water partition coefficient (Wildman–Crippen LogP) is 2.22. The van der Waals surface area contributed by atoms with Crippen LogP contribution in [0.15, 0.2) is 29.3 Å². The molecule has 0 aliphatic heterocycles. The van der Waals surface area contributed by atoms with Crippen LogP contribution in [0.3, 0.4) is 0 Å². The summed E-state index contributed by atoms with van der Waals surface area (Å²) in [5, 5.41) is 6.57. The molecule has 1 rings (SSSR count). The molecule has 0 atom stereocenters. The lowest BCUT2D eigenvalue weighted by Gasteiger charge is -2.18. The molecular formula is C16H27FN4. The largest absolute Gasteiger partial charge is 0.356 e. The Hall–Kier alpha value is -1.62. The van der Waals surface area contributed by atoms with Crippen LogP contribution in [0.25, 0.3) is 0 Å². The summed E-state index contributed by atoms with van der Waals surface area (Å²) in [5.41, 5.74) is 1.12. The molecule has 0 saturated heterocycles. The summed E-state index contributed by atoms with van der Waals surface area (Å²) in [6.07, 6.45) is 2.32. The monoisotopic (exact) mass is 294 g/mol. The number of nitrogens with one attached hydrogen (secondary N) is 2. The molecule has 21 heavy (non-hydrogen) atoms. The first-order valence-electron chi connectivity index (χ1n) is 7.53. The Morgan fingerprint density at radius 2 is 1.86 bits per heavy atom. The topological polar surface area (TPSA) is 39.7 Å². The molecule has 0 radical (unpaired) electrons. The Labute approximate surface area is 127 Å². The molecule has 0 fully saturated rings. The van der Waals surface area contributed by atoms with Crippen LogP contribution in [0.4, 0.5) is 4.39 Å². The fraction of sp³-hybridized carbons (Fsp3) is 0.562. The Bertz CT molecular complexity index is 417. The zero-order chi connectivity index (χ0) is 15.5. The average molecular weight is 294 g/mol. The van der Waals surface area contributed by atoms with E-state index < -0.39 is 0 Å². The second kappa shape index (κ2) is 10.2. The normalized spacial score (nSPS) is 11.8. The minimum Gasteiger partial charge on any atom is -0.356 e. The van der Waals surface area contributed by atoms with Gasteiger partial charge in [-0.15, -0.1) is 0 Å². The van der Waals surface area contributed by atoms with Crippen molar-refractivity contribution in [3.63, 3.8) is 0 Å². The van der Waals surface area contributed by atoms with Gasteiger partial charge in [0.15, 0.2) is 5.96 Å². The number of hydrogen-bond acceptors (Lipinski definition) is 2. The number of likely N-dealkylation sites (N-methyl/N-ethyl adjacent to an activating group) is 1. The molecule has 0 spiro atoms. The molecule has 0 saturated carbocycles. The molecule has 1 aromatic rings. The molecule has 4 nitrogen and oxygen atoms in total. The minimum atomic E-state index is -0.190. The Kier molecular flexibility index (Phi) is 8.43. The van der Waals surface area contributed by atoms with Crippen molar-refractivity contribution in [1.29, 1.82) is 0 Å². The van der Waals surface area contributed by atoms with E-state index in [4.69, 9.17) is 0 Å². The highest BCUT2D eigenvalue weighted by molar-refractivity contribution is 5.79. The van der Waals surface area contributed by atoms with Gasteiger partial charge in [-0.2, -0.15) is 0 Å². The van der Waals surface area contributed by atoms with E-state index in [9.17, 15) is 4.39 Å². The summed E-state index contributed by atoms with van der Waals surface area (Å²) >= 11 is 0. The van der Waals surface area contributed by atoms with E-state index in [1.165, 1.54) is 18.6 Å². The SMILES string of the molecule is CCCCNC(=NC)NCCN(C)Cc1ccc(F)cc1. The van der Waals surface area contributed by atoms with Crippen LogP contribution in [0, 0.1) is 5.82 Å². The van der Waals surface area contributed by atoms with E-state index in [0.717, 1.165) is 44.1 Å². The maximum absolute atomic E-state index is 12.8. The fourth-order valence-electron chi connectivity index (χ4n) is 1.95. The molecule has 0 amide bonds. The third kappa shape index (κ3) is 7.66. The summed E-state index contributed by atoms with van der Waals surface area (Å²) in [6, 6.07) is 6.65. The van der Waals surface area contributed by atoms with Crippen LogP contribution in [-0.2, 0) is 6.54 Å². The third-order valence-electron chi connectivity index (χ3n) is 3.20. The van der Waals surface area contributed by atoms with Crippen LogP contribution >= 0.6 is 0 Å². The predicted molar refractivity (Wildman–Crippen MR) is 87.0 cm³/mol. The van der Waals surface area contributed by atoms with Gasteiger partial charge in [-0.3, -0.25) is 4.99 Å². The standard InChI is InChI=1S/C16H27FN4/c1-4-5-10-19-16(18-2)20-11-12-21(3)13-14-6-8-15(17)9-7-14/h6-9H,4-5,10-13H2,1-3H3,(H2,18,19,20). The lowest BCUT2D eigenvalue weighted by Crippen LogP contribution is -2.41. The highest BCUT2D eigenvalue weighted by Gasteiger charge is 2.02. The van der Waals surface area contributed by atoms with Crippen LogP contribution < -0.4 is 10.6 Å². The third-order valence-corrected chi connectivity index (χ3v) is 3.20. The number of hydrogen-bond donors (Lipinski definition) is 2. The fourth-order valence-corrected chi connectivity index (χ4v) is 1.95. The Balaban J connectivity index is 2.23. The Morgan fingerprint density at radius 3 is 2.48 bits per heavy atom. The van der Waals surface area contributed by atoms with Crippen molar-refractivity contribution < 1.29 is 4.39 Å². The summed E-state index contributed by atoms with van der Waals surface area (Å²) in [5.74, 6) is 0.656. The molecule has 1 aromatic carbocycles. The molecule has 2 N–H and O–H groups in total. The second-order valence-corrected chi connectivity index (χ2v) is 5.14. The van der Waals surface area contributed by atoms with Gasteiger partial charge in [0.05, 0.1) is 0 Å². The highest BCUT2D eigenvalue weighted by atomic mass is 19.1. The zero-order valence-corrected chi connectivity index (χ0v) is 13.3. The second-order valence-electron chi connectivity index (χ2n) is 5.14. The van der Waals surface area contributed by atoms with Crippen LogP contribution in [0.5, 0.6) is 0 Å². The number of benzene rings is 1. The van der Waals surface area contributed by atoms with Gasteiger partial charge < -0.3 is 15.5 Å². The number of nitrogens with zero attached hydrogens (tertiary/aromatic N) is 2. The smallest absolute Gasteiger partial charge is 0.191 e. The van der Waals surface area contributed by atoms with Gasteiger partial charge in [0.2, 0.25) is 0 Å². The van der Waals surface area contributed by atoms with Gasteiger partial charge >= 0.3 is 0 Å². The average Bonchev–Trinajstić information content (AvgIpc) is 2.48. The molecule has 0 bridgehead atoms. The highest BCUT2D eigenvalue weighted by Crippen LogP contribution is 2.04. The molecule has 0 unspecified atom stereocenters. The van der Waals surface area contributed by atoms with Crippen molar-refractivity contribution >= 4 is 5.96 Å². The van der Waals surface area contributed by atoms with Crippen molar-refractivity contribution in [2.45, 2.75) is 26.3 Å². The molecule has 0 aliphatic rings. The zero-order valence-electron chi connectivity index (χ0n) is 13.3. The van der Waals surface area contributed by atoms with Gasteiger partial charge in [0, 0.05) is 33.2 Å². The van der Waals surface area contributed by atoms with Crippen LogP contribution in [0.2, 0.25) is 0 Å². The number of halogens is 1. The summed E-state index contributed by atoms with van der Waals surface area (Å²) in [4.78, 5) is 6.38. The first-order chi connectivity index (χ1) is 10.2. The first-order valence-corrected chi connectivity index (χ1v) is 7.53. The van der Waals surface area contributed by atoms with E-state index >= 15 is 0 Å². The molecule has 0 heterocycles. The van der Waals surface area contributed by atoms with E-state index in [-0.39, 0.29) is 5.82 Å². The van der Waals surface area contributed by atoms with Gasteiger partial charge in [-0.05, 0) is 31.2 Å². The van der Waals surface area contributed by atoms with Crippen molar-refractivity contribution in [2.75, 3.05) is 33.7 Å². The molecule has 5 heteroatoms. The number of guanidine groups is 1.